The largest absolute Gasteiger partial charge is 0.395 e. The lowest BCUT2D eigenvalue weighted by molar-refractivity contribution is -0.139. The van der Waals surface area contributed by atoms with Crippen LogP contribution in [0.2, 0.25) is 0 Å². The molecule has 0 aliphatic carbocycles. The maximum absolute atomic E-state index is 14.0. The average Bonchev–Trinajstić information content (AvgIpc) is 3.32. The van der Waals surface area contributed by atoms with Crippen LogP contribution in [-0.4, -0.2) is 49.9 Å². The van der Waals surface area contributed by atoms with Crippen molar-refractivity contribution in [3.63, 3.8) is 0 Å². The number of aliphatic hydroxyl groups excluding tert-OH is 1. The highest BCUT2D eigenvalue weighted by molar-refractivity contribution is 6.07. The summed E-state index contributed by atoms with van der Waals surface area (Å²) in [5.74, 6) is -1.25. The van der Waals surface area contributed by atoms with Crippen molar-refractivity contribution in [2.75, 3.05) is 18.1 Å². The number of aliphatic hydroxyl groups is 2. The van der Waals surface area contributed by atoms with E-state index in [1.807, 2.05) is 72.8 Å². The van der Waals surface area contributed by atoms with E-state index in [-0.39, 0.29) is 37.6 Å². The Hall–Kier alpha value is -5.38. The Morgan fingerprint density at radius 3 is 2.38 bits per heavy atom. The van der Waals surface area contributed by atoms with Crippen LogP contribution in [0.15, 0.2) is 126 Å². The van der Waals surface area contributed by atoms with Crippen molar-refractivity contribution in [1.29, 1.82) is 0 Å². The number of anilines is 1. The van der Waals surface area contributed by atoms with E-state index >= 15 is 0 Å². The normalized spacial score (nSPS) is 16.5. The van der Waals surface area contributed by atoms with E-state index in [1.54, 1.807) is 65.4 Å². The molecule has 47 heavy (non-hydrogen) atoms. The van der Waals surface area contributed by atoms with Crippen molar-refractivity contribution < 1.29 is 19.8 Å². The number of aromatic nitrogens is 2. The number of para-hydroxylation sites is 1. The lowest BCUT2D eigenvalue weighted by atomic mass is 9.83. The van der Waals surface area contributed by atoms with Gasteiger partial charge in [0.2, 0.25) is 5.91 Å². The minimum absolute atomic E-state index is 0.0638. The average molecular weight is 629 g/mol. The molecule has 2 heterocycles. The molecule has 0 fully saturated rings. The van der Waals surface area contributed by atoms with Gasteiger partial charge in [0, 0.05) is 36.4 Å². The molecule has 0 saturated carbocycles. The topological polar surface area (TPSA) is 116 Å². The maximum atomic E-state index is 14.0. The van der Waals surface area contributed by atoms with Crippen LogP contribution in [-0.2, 0) is 28.3 Å². The zero-order valence-electron chi connectivity index (χ0n) is 26.1. The lowest BCUT2D eigenvalue weighted by Gasteiger charge is -2.28. The molecular weight excluding hydrogens is 592 g/mol. The first-order valence-corrected chi connectivity index (χ1v) is 15.6. The quantitative estimate of drug-likeness (QED) is 0.205. The van der Waals surface area contributed by atoms with E-state index in [1.165, 1.54) is 4.68 Å². The first-order chi connectivity index (χ1) is 22.8. The van der Waals surface area contributed by atoms with Gasteiger partial charge in [-0.1, -0.05) is 97.9 Å². The molecule has 2 atom stereocenters. The number of carbonyl (C=O) groups excluding carboxylic acids is 2. The molecule has 4 aromatic carbocycles. The molecule has 9 nitrogen and oxygen atoms in total. The zero-order valence-corrected chi connectivity index (χ0v) is 26.1. The number of hydrogen-bond acceptors (Lipinski definition) is 6. The van der Waals surface area contributed by atoms with E-state index in [0.29, 0.717) is 28.9 Å². The number of rotatable bonds is 11. The molecule has 1 aliphatic heterocycles. The van der Waals surface area contributed by atoms with E-state index in [2.05, 4.69) is 5.10 Å². The summed E-state index contributed by atoms with van der Waals surface area (Å²) in [6.07, 6.45) is 5.11. The van der Waals surface area contributed by atoms with Crippen LogP contribution in [0, 0.1) is 5.92 Å². The zero-order chi connectivity index (χ0) is 33.0. The van der Waals surface area contributed by atoms with Crippen LogP contribution in [0.3, 0.4) is 0 Å². The third kappa shape index (κ3) is 6.23. The highest BCUT2D eigenvalue weighted by Gasteiger charge is 2.52. The number of fused-ring (bicyclic) bond motifs is 2. The van der Waals surface area contributed by atoms with Crippen LogP contribution >= 0.6 is 0 Å². The third-order valence-corrected chi connectivity index (χ3v) is 8.71. The van der Waals surface area contributed by atoms with E-state index in [4.69, 9.17) is 0 Å². The second-order valence-electron chi connectivity index (χ2n) is 11.7. The fourth-order valence-electron chi connectivity index (χ4n) is 6.12. The van der Waals surface area contributed by atoms with Gasteiger partial charge in [0.05, 0.1) is 36.1 Å². The minimum Gasteiger partial charge on any atom is -0.395 e. The molecule has 1 aliphatic rings. The highest BCUT2D eigenvalue weighted by Crippen LogP contribution is 2.45. The summed E-state index contributed by atoms with van der Waals surface area (Å²) in [5, 5.41) is 27.2. The second kappa shape index (κ2) is 13.5. The Morgan fingerprint density at radius 1 is 0.915 bits per heavy atom. The van der Waals surface area contributed by atoms with Crippen LogP contribution in [0.1, 0.15) is 30.0 Å². The second-order valence-corrected chi connectivity index (χ2v) is 11.7. The Balaban J connectivity index is 1.17. The van der Waals surface area contributed by atoms with Gasteiger partial charge in [0.15, 0.2) is 5.60 Å². The summed E-state index contributed by atoms with van der Waals surface area (Å²) < 4.78 is 1.35. The SMILES string of the molecule is C[C@H](/C=C/CC(=O)N(CCO)Cc1ccccc1)[C@@]1(O)C(=O)N(Cc2ccc(-n3ncc4ccccc4c3=O)cc2)c2ccccc21. The third-order valence-electron chi connectivity index (χ3n) is 8.71. The molecular formula is C38H36N4O5. The fraction of sp³-hybridized carbons (Fsp3) is 0.211. The van der Waals surface area contributed by atoms with Crippen molar-refractivity contribution in [2.45, 2.75) is 32.0 Å². The molecule has 238 valence electrons. The van der Waals surface area contributed by atoms with Crippen molar-refractivity contribution in [3.05, 3.63) is 149 Å². The summed E-state index contributed by atoms with van der Waals surface area (Å²) in [5.41, 5.74) is 1.45. The predicted octanol–water partition coefficient (Wildman–Crippen LogP) is 4.72. The van der Waals surface area contributed by atoms with Gasteiger partial charge in [0.25, 0.3) is 11.5 Å². The molecule has 9 heteroatoms. The van der Waals surface area contributed by atoms with Gasteiger partial charge in [-0.05, 0) is 35.4 Å². The molecule has 0 radical (unpaired) electrons. The summed E-state index contributed by atoms with van der Waals surface area (Å²) in [6, 6.07) is 31.3. The van der Waals surface area contributed by atoms with Gasteiger partial charge < -0.3 is 20.0 Å². The van der Waals surface area contributed by atoms with E-state index < -0.39 is 17.4 Å². The fourth-order valence-corrected chi connectivity index (χ4v) is 6.12. The van der Waals surface area contributed by atoms with Gasteiger partial charge in [-0.2, -0.15) is 9.78 Å². The lowest BCUT2D eigenvalue weighted by Crippen LogP contribution is -2.44. The summed E-state index contributed by atoms with van der Waals surface area (Å²) >= 11 is 0. The van der Waals surface area contributed by atoms with Gasteiger partial charge in [-0.15, -0.1) is 0 Å². The Morgan fingerprint density at radius 2 is 1.62 bits per heavy atom. The summed E-state index contributed by atoms with van der Waals surface area (Å²) in [6.45, 7) is 2.41. The number of nitrogens with zero attached hydrogens (tertiary/aromatic N) is 4. The Labute approximate surface area is 272 Å². The Kier molecular flexibility index (Phi) is 9.10. The van der Waals surface area contributed by atoms with Gasteiger partial charge in [-0.3, -0.25) is 14.4 Å². The van der Waals surface area contributed by atoms with E-state index in [9.17, 15) is 24.6 Å². The van der Waals surface area contributed by atoms with Crippen LogP contribution < -0.4 is 10.5 Å². The predicted molar refractivity (Wildman–Crippen MR) is 181 cm³/mol. The first-order valence-electron chi connectivity index (χ1n) is 15.6. The Bertz CT molecular complexity index is 1990. The molecule has 6 rings (SSSR count). The number of hydrogen-bond donors (Lipinski definition) is 2. The van der Waals surface area contributed by atoms with Crippen molar-refractivity contribution in [3.8, 4) is 5.69 Å². The molecule has 5 aromatic rings. The van der Waals surface area contributed by atoms with Crippen LogP contribution in [0.4, 0.5) is 5.69 Å². The van der Waals surface area contributed by atoms with Crippen molar-refractivity contribution in [1.82, 2.24) is 14.7 Å². The van der Waals surface area contributed by atoms with Crippen LogP contribution in [0.5, 0.6) is 0 Å². The molecule has 2 amide bonds. The van der Waals surface area contributed by atoms with Crippen LogP contribution in [0.25, 0.3) is 16.5 Å². The van der Waals surface area contributed by atoms with Gasteiger partial charge in [-0.25, -0.2) is 0 Å². The number of amides is 2. The minimum atomic E-state index is -1.83. The highest BCUT2D eigenvalue weighted by atomic mass is 16.3. The smallest absolute Gasteiger partial charge is 0.279 e. The maximum Gasteiger partial charge on any atom is 0.279 e. The monoisotopic (exact) mass is 628 g/mol. The molecule has 0 spiro atoms. The van der Waals surface area contributed by atoms with Crippen molar-refractivity contribution >= 4 is 28.3 Å². The first kappa shape index (κ1) is 31.6. The number of carbonyl (C=O) groups is 2. The summed E-state index contributed by atoms with van der Waals surface area (Å²) in [4.78, 5) is 43.2. The molecule has 1 aromatic heterocycles. The van der Waals surface area contributed by atoms with E-state index in [0.717, 1.165) is 16.5 Å². The standard InChI is InChI=1S/C38H36N4O5/c1-27(10-9-17-35(44)40(22-23-43)25-28-11-3-2-4-12-28)38(47)33-15-7-8-16-34(33)41(37(38)46)26-29-18-20-31(21-19-29)42-36(45)32-14-6-5-13-30(32)24-39-42/h2-16,18-21,24,27,43,47H,17,22-23,25-26H2,1H3/b10-9+/t27-,38+/m1/s1. The molecule has 0 bridgehead atoms. The van der Waals surface area contributed by atoms with Crippen molar-refractivity contribution in [2.24, 2.45) is 5.92 Å². The van der Waals surface area contributed by atoms with Gasteiger partial charge >= 0.3 is 0 Å². The molecule has 0 saturated heterocycles. The van der Waals surface area contributed by atoms with Gasteiger partial charge in [0.1, 0.15) is 0 Å². The summed E-state index contributed by atoms with van der Waals surface area (Å²) in [7, 11) is 0. The molecule has 2 N–H and O–H groups in total. The molecule has 0 unspecified atom stereocenters. The number of benzene rings is 4.